The topological polar surface area (TPSA) is 41.1 Å². The molecule has 0 bridgehead atoms. The Bertz CT molecular complexity index is 230. The smallest absolute Gasteiger partial charge is 0.224 e. The van der Waals surface area contributed by atoms with Gasteiger partial charge < -0.3 is 10.6 Å². The fourth-order valence-corrected chi connectivity index (χ4v) is 2.97. The van der Waals surface area contributed by atoms with Crippen molar-refractivity contribution in [3.05, 3.63) is 0 Å². The quantitative estimate of drug-likeness (QED) is 0.766. The summed E-state index contributed by atoms with van der Waals surface area (Å²) in [5, 5.41) is 6.46. The highest BCUT2D eigenvalue weighted by Gasteiger charge is 2.26. The molecule has 3 heteroatoms. The van der Waals surface area contributed by atoms with Gasteiger partial charge in [-0.15, -0.1) is 0 Å². The molecule has 92 valence electrons. The third kappa shape index (κ3) is 2.97. The van der Waals surface area contributed by atoms with E-state index in [1.54, 1.807) is 0 Å². The maximum atomic E-state index is 11.9. The van der Waals surface area contributed by atoms with Gasteiger partial charge in [-0.25, -0.2) is 0 Å². The van der Waals surface area contributed by atoms with Gasteiger partial charge >= 0.3 is 0 Å². The molecule has 1 heterocycles. The third-order valence-electron chi connectivity index (χ3n) is 4.16. The van der Waals surface area contributed by atoms with E-state index < -0.39 is 0 Å². The van der Waals surface area contributed by atoms with Gasteiger partial charge in [-0.3, -0.25) is 4.79 Å². The normalized spacial score (nSPS) is 28.9. The molecule has 2 fully saturated rings. The lowest BCUT2D eigenvalue weighted by atomic mass is 9.84. The van der Waals surface area contributed by atoms with Crippen LogP contribution in [0.5, 0.6) is 0 Å². The molecule has 1 aliphatic heterocycles. The van der Waals surface area contributed by atoms with Crippen molar-refractivity contribution in [1.82, 2.24) is 10.6 Å². The number of carbonyl (C=O) groups is 1. The van der Waals surface area contributed by atoms with Gasteiger partial charge in [0.2, 0.25) is 5.91 Å². The second-order valence-corrected chi connectivity index (χ2v) is 5.39. The molecule has 1 amide bonds. The molecule has 1 saturated carbocycles. The van der Waals surface area contributed by atoms with Gasteiger partial charge in [0.25, 0.3) is 0 Å². The van der Waals surface area contributed by atoms with E-state index in [0.717, 1.165) is 19.5 Å². The van der Waals surface area contributed by atoms with E-state index in [-0.39, 0.29) is 11.8 Å². The average molecular weight is 224 g/mol. The summed E-state index contributed by atoms with van der Waals surface area (Å²) in [5.41, 5.74) is 0. The van der Waals surface area contributed by atoms with Crippen molar-refractivity contribution in [1.29, 1.82) is 0 Å². The average Bonchev–Trinajstić information content (AvgIpc) is 2.83. The maximum absolute atomic E-state index is 11.9. The van der Waals surface area contributed by atoms with Crippen molar-refractivity contribution in [2.24, 2.45) is 11.8 Å². The van der Waals surface area contributed by atoms with Crippen LogP contribution in [-0.2, 0) is 4.79 Å². The van der Waals surface area contributed by atoms with Gasteiger partial charge in [0.1, 0.15) is 0 Å². The van der Waals surface area contributed by atoms with E-state index in [2.05, 4.69) is 17.6 Å². The lowest BCUT2D eigenvalue weighted by Crippen LogP contribution is -2.42. The Hall–Kier alpha value is -0.570. The SMILES string of the molecule is C[C@@H](NC(=O)C1CCNC1)C1CCCCC1. The van der Waals surface area contributed by atoms with Crippen LogP contribution in [0.2, 0.25) is 0 Å². The minimum absolute atomic E-state index is 0.214. The van der Waals surface area contributed by atoms with Crippen molar-refractivity contribution in [3.8, 4) is 0 Å². The van der Waals surface area contributed by atoms with Gasteiger partial charge in [-0.1, -0.05) is 19.3 Å². The largest absolute Gasteiger partial charge is 0.353 e. The van der Waals surface area contributed by atoms with Gasteiger partial charge in [-0.2, -0.15) is 0 Å². The first-order valence-corrected chi connectivity index (χ1v) is 6.78. The van der Waals surface area contributed by atoms with Crippen molar-refractivity contribution in [2.45, 2.75) is 51.5 Å². The summed E-state index contributed by atoms with van der Waals surface area (Å²) in [6.07, 6.45) is 7.66. The number of nitrogens with one attached hydrogen (secondary N) is 2. The molecule has 3 nitrogen and oxygen atoms in total. The highest BCUT2D eigenvalue weighted by molar-refractivity contribution is 5.79. The summed E-state index contributed by atoms with van der Waals surface area (Å²) in [5.74, 6) is 1.20. The zero-order valence-electron chi connectivity index (χ0n) is 10.3. The van der Waals surface area contributed by atoms with Crippen molar-refractivity contribution in [2.75, 3.05) is 13.1 Å². The Labute approximate surface area is 98.4 Å². The molecule has 0 radical (unpaired) electrons. The number of hydrogen-bond acceptors (Lipinski definition) is 2. The Morgan fingerprint density at radius 1 is 1.25 bits per heavy atom. The van der Waals surface area contributed by atoms with E-state index >= 15 is 0 Å². The van der Waals surface area contributed by atoms with Gasteiger partial charge in [-0.05, 0) is 38.6 Å². The monoisotopic (exact) mass is 224 g/mol. The minimum atomic E-state index is 0.214. The highest BCUT2D eigenvalue weighted by Crippen LogP contribution is 2.26. The fraction of sp³-hybridized carbons (Fsp3) is 0.923. The van der Waals surface area contributed by atoms with Crippen LogP contribution in [0.1, 0.15) is 45.4 Å². The molecule has 0 aromatic heterocycles. The van der Waals surface area contributed by atoms with Crippen LogP contribution in [0, 0.1) is 11.8 Å². The predicted octanol–water partition coefficient (Wildman–Crippen LogP) is 1.68. The van der Waals surface area contributed by atoms with Crippen molar-refractivity contribution >= 4 is 5.91 Å². The number of carbonyl (C=O) groups excluding carboxylic acids is 1. The van der Waals surface area contributed by atoms with Crippen molar-refractivity contribution < 1.29 is 4.79 Å². The highest BCUT2D eigenvalue weighted by atomic mass is 16.2. The molecule has 1 unspecified atom stereocenters. The second kappa shape index (κ2) is 5.67. The summed E-state index contributed by atoms with van der Waals surface area (Å²) in [6, 6.07) is 0.369. The van der Waals surface area contributed by atoms with E-state index in [9.17, 15) is 4.79 Å². The molecule has 2 N–H and O–H groups in total. The van der Waals surface area contributed by atoms with Crippen LogP contribution in [0.15, 0.2) is 0 Å². The van der Waals surface area contributed by atoms with Crippen LogP contribution in [0.4, 0.5) is 0 Å². The van der Waals surface area contributed by atoms with Crippen LogP contribution < -0.4 is 10.6 Å². The minimum Gasteiger partial charge on any atom is -0.353 e. The van der Waals surface area contributed by atoms with Crippen LogP contribution in [-0.4, -0.2) is 25.0 Å². The summed E-state index contributed by atoms with van der Waals surface area (Å²) in [4.78, 5) is 11.9. The van der Waals surface area contributed by atoms with E-state index in [1.807, 2.05) is 0 Å². The predicted molar refractivity (Wildman–Crippen MR) is 65.2 cm³/mol. The van der Waals surface area contributed by atoms with E-state index in [0.29, 0.717) is 12.0 Å². The van der Waals surface area contributed by atoms with Gasteiger partial charge in [0, 0.05) is 12.6 Å². The number of hydrogen-bond donors (Lipinski definition) is 2. The third-order valence-corrected chi connectivity index (χ3v) is 4.16. The van der Waals surface area contributed by atoms with Gasteiger partial charge in [0.15, 0.2) is 0 Å². The molecule has 2 aliphatic rings. The maximum Gasteiger partial charge on any atom is 0.224 e. The molecule has 0 aromatic carbocycles. The molecule has 1 aliphatic carbocycles. The number of amides is 1. The molecule has 0 spiro atoms. The first-order valence-electron chi connectivity index (χ1n) is 6.78. The summed E-state index contributed by atoms with van der Waals surface area (Å²) in [7, 11) is 0. The standard InChI is InChI=1S/C13H24N2O/c1-10(11-5-3-2-4-6-11)15-13(16)12-7-8-14-9-12/h10-12,14H,2-9H2,1H3,(H,15,16)/t10-,12?/m1/s1. The summed E-state index contributed by atoms with van der Waals surface area (Å²) >= 11 is 0. The molecule has 2 rings (SSSR count). The Balaban J connectivity index is 1.76. The van der Waals surface area contributed by atoms with E-state index in [1.165, 1.54) is 32.1 Å². The summed E-state index contributed by atoms with van der Waals surface area (Å²) in [6.45, 7) is 4.04. The molecule has 0 aromatic rings. The number of rotatable bonds is 3. The fourth-order valence-electron chi connectivity index (χ4n) is 2.97. The van der Waals surface area contributed by atoms with Crippen molar-refractivity contribution in [3.63, 3.8) is 0 Å². The Morgan fingerprint density at radius 3 is 2.62 bits per heavy atom. The van der Waals surface area contributed by atoms with Crippen LogP contribution >= 0.6 is 0 Å². The molecular formula is C13H24N2O. The molecule has 16 heavy (non-hydrogen) atoms. The molecule has 1 saturated heterocycles. The lowest BCUT2D eigenvalue weighted by Gasteiger charge is -2.29. The first kappa shape index (κ1) is 11.9. The van der Waals surface area contributed by atoms with E-state index in [4.69, 9.17) is 0 Å². The first-order chi connectivity index (χ1) is 7.77. The Kier molecular flexibility index (Phi) is 4.22. The molecular weight excluding hydrogens is 200 g/mol. The second-order valence-electron chi connectivity index (χ2n) is 5.39. The summed E-state index contributed by atoms with van der Waals surface area (Å²) < 4.78 is 0. The van der Waals surface area contributed by atoms with Crippen LogP contribution in [0.3, 0.4) is 0 Å². The van der Waals surface area contributed by atoms with Gasteiger partial charge in [0.05, 0.1) is 5.92 Å². The molecule has 2 atom stereocenters. The Morgan fingerprint density at radius 2 is 2.00 bits per heavy atom. The van der Waals surface area contributed by atoms with Crippen LogP contribution in [0.25, 0.3) is 0 Å². The lowest BCUT2D eigenvalue weighted by molar-refractivity contribution is -0.125. The zero-order chi connectivity index (χ0) is 11.4. The zero-order valence-corrected chi connectivity index (χ0v) is 10.3.